The average Bonchev–Trinajstić information content (AvgIpc) is 2.37. The summed E-state index contributed by atoms with van der Waals surface area (Å²) in [4.78, 5) is 15.8. The van der Waals surface area contributed by atoms with Gasteiger partial charge in [0.25, 0.3) is 0 Å². The highest BCUT2D eigenvalue weighted by Crippen LogP contribution is 2.17. The summed E-state index contributed by atoms with van der Waals surface area (Å²) in [5.74, 6) is 0.335. The molecule has 0 aliphatic rings. The zero-order valence-corrected chi connectivity index (χ0v) is 11.4. The van der Waals surface area contributed by atoms with E-state index in [1.807, 2.05) is 26.0 Å². The van der Waals surface area contributed by atoms with E-state index in [1.54, 1.807) is 0 Å². The number of esters is 1. The largest absolute Gasteiger partial charge is 0.480 e. The number of unbranched alkanes of at least 4 members (excludes halogenated alkanes) is 1. The first kappa shape index (κ1) is 14.5. The van der Waals surface area contributed by atoms with Gasteiger partial charge in [-0.15, -0.1) is 0 Å². The summed E-state index contributed by atoms with van der Waals surface area (Å²) in [6.07, 6.45) is 2.68. The Hall–Kier alpha value is -1.58. The molecule has 0 aromatic carbocycles. The Bertz CT molecular complexity index is 391. The lowest BCUT2D eigenvalue weighted by Crippen LogP contribution is -2.16. The molecule has 1 aromatic rings. The van der Waals surface area contributed by atoms with Gasteiger partial charge in [-0.05, 0) is 31.9 Å². The first-order chi connectivity index (χ1) is 8.67. The molecule has 4 heteroatoms. The van der Waals surface area contributed by atoms with Gasteiger partial charge in [0.1, 0.15) is 5.75 Å². The maximum atomic E-state index is 11.4. The van der Waals surface area contributed by atoms with Crippen LogP contribution in [0.1, 0.15) is 38.1 Å². The van der Waals surface area contributed by atoms with Crippen LogP contribution >= 0.6 is 0 Å². The van der Waals surface area contributed by atoms with Crippen LogP contribution in [-0.4, -0.2) is 24.2 Å². The number of carbonyl (C=O) groups is 1. The molecule has 0 saturated carbocycles. The highest BCUT2D eigenvalue weighted by Gasteiger charge is 2.08. The molecule has 0 bridgehead atoms. The van der Waals surface area contributed by atoms with E-state index in [0.717, 1.165) is 30.7 Å². The molecule has 0 fully saturated rings. The highest BCUT2D eigenvalue weighted by atomic mass is 16.6. The molecular formula is C14H21NO3. The van der Waals surface area contributed by atoms with Gasteiger partial charge in [-0.3, -0.25) is 4.98 Å². The summed E-state index contributed by atoms with van der Waals surface area (Å²) < 4.78 is 10.5. The predicted molar refractivity (Wildman–Crippen MR) is 69.7 cm³/mol. The van der Waals surface area contributed by atoms with Crippen molar-refractivity contribution in [1.29, 1.82) is 0 Å². The number of aromatic nitrogens is 1. The van der Waals surface area contributed by atoms with E-state index in [2.05, 4.69) is 11.9 Å². The Balaban J connectivity index is 2.45. The van der Waals surface area contributed by atoms with Gasteiger partial charge >= 0.3 is 5.97 Å². The molecule has 0 unspecified atom stereocenters. The van der Waals surface area contributed by atoms with Crippen LogP contribution in [0, 0.1) is 6.92 Å². The van der Waals surface area contributed by atoms with Gasteiger partial charge in [0.05, 0.1) is 12.3 Å². The Morgan fingerprint density at radius 3 is 2.78 bits per heavy atom. The van der Waals surface area contributed by atoms with E-state index in [9.17, 15) is 4.79 Å². The van der Waals surface area contributed by atoms with Crippen molar-refractivity contribution in [3.63, 3.8) is 0 Å². The topological polar surface area (TPSA) is 48.4 Å². The summed E-state index contributed by atoms with van der Waals surface area (Å²) in [5, 5.41) is 0. The first-order valence-corrected chi connectivity index (χ1v) is 6.42. The van der Waals surface area contributed by atoms with Crippen molar-refractivity contribution in [1.82, 2.24) is 4.98 Å². The van der Waals surface area contributed by atoms with E-state index in [1.165, 1.54) is 0 Å². The van der Waals surface area contributed by atoms with E-state index in [4.69, 9.17) is 9.47 Å². The van der Waals surface area contributed by atoms with Gasteiger partial charge in [0.2, 0.25) is 0 Å². The smallest absolute Gasteiger partial charge is 0.344 e. The van der Waals surface area contributed by atoms with Crippen LogP contribution < -0.4 is 4.74 Å². The molecule has 0 aliphatic heterocycles. The number of aryl methyl sites for hydroxylation is 2. The van der Waals surface area contributed by atoms with Crippen molar-refractivity contribution in [3.05, 3.63) is 23.5 Å². The van der Waals surface area contributed by atoms with Gasteiger partial charge < -0.3 is 9.47 Å². The molecule has 0 N–H and O–H groups in total. The van der Waals surface area contributed by atoms with Crippen LogP contribution in [0.2, 0.25) is 0 Å². The van der Waals surface area contributed by atoms with Gasteiger partial charge in [-0.25, -0.2) is 4.79 Å². The SMILES string of the molecule is CCCCOC(=O)COc1ccc(C)nc1CC. The number of hydrogen-bond acceptors (Lipinski definition) is 4. The quantitative estimate of drug-likeness (QED) is 0.552. The molecular weight excluding hydrogens is 230 g/mol. The Morgan fingerprint density at radius 1 is 1.33 bits per heavy atom. The Morgan fingerprint density at radius 2 is 2.11 bits per heavy atom. The minimum Gasteiger partial charge on any atom is -0.480 e. The number of hydrogen-bond donors (Lipinski definition) is 0. The molecule has 0 amide bonds. The first-order valence-electron chi connectivity index (χ1n) is 6.42. The van der Waals surface area contributed by atoms with E-state index in [-0.39, 0.29) is 12.6 Å². The van der Waals surface area contributed by atoms with E-state index in [0.29, 0.717) is 12.4 Å². The molecule has 18 heavy (non-hydrogen) atoms. The van der Waals surface area contributed by atoms with Crippen LogP contribution in [0.4, 0.5) is 0 Å². The minimum atomic E-state index is -0.328. The lowest BCUT2D eigenvalue weighted by Gasteiger charge is -2.10. The molecule has 0 spiro atoms. The minimum absolute atomic E-state index is 0.0541. The maximum absolute atomic E-state index is 11.4. The molecule has 0 atom stereocenters. The number of rotatable bonds is 7. The van der Waals surface area contributed by atoms with Crippen molar-refractivity contribution < 1.29 is 14.3 Å². The Labute approximate surface area is 108 Å². The summed E-state index contributed by atoms with van der Waals surface area (Å²) >= 11 is 0. The lowest BCUT2D eigenvalue weighted by molar-refractivity contribution is -0.146. The molecule has 0 saturated heterocycles. The zero-order valence-electron chi connectivity index (χ0n) is 11.4. The monoisotopic (exact) mass is 251 g/mol. The van der Waals surface area contributed by atoms with Crippen LogP contribution in [0.15, 0.2) is 12.1 Å². The molecule has 0 aliphatic carbocycles. The second kappa shape index (κ2) is 7.69. The van der Waals surface area contributed by atoms with Gasteiger partial charge in [-0.1, -0.05) is 20.3 Å². The van der Waals surface area contributed by atoms with Crippen LogP contribution in [0.5, 0.6) is 5.75 Å². The van der Waals surface area contributed by atoms with E-state index >= 15 is 0 Å². The van der Waals surface area contributed by atoms with Gasteiger partial charge in [0.15, 0.2) is 6.61 Å². The summed E-state index contributed by atoms with van der Waals surface area (Å²) in [6, 6.07) is 3.72. The fourth-order valence-electron chi connectivity index (χ4n) is 1.49. The molecule has 4 nitrogen and oxygen atoms in total. The van der Waals surface area contributed by atoms with Crippen molar-refractivity contribution in [2.75, 3.05) is 13.2 Å². The van der Waals surface area contributed by atoms with Gasteiger partial charge in [-0.2, -0.15) is 0 Å². The van der Waals surface area contributed by atoms with E-state index < -0.39 is 0 Å². The second-order valence-corrected chi connectivity index (χ2v) is 4.11. The Kier molecular flexibility index (Phi) is 6.19. The fraction of sp³-hybridized carbons (Fsp3) is 0.571. The summed E-state index contributed by atoms with van der Waals surface area (Å²) in [7, 11) is 0. The third kappa shape index (κ3) is 4.73. The molecule has 1 rings (SSSR count). The van der Waals surface area contributed by atoms with Gasteiger partial charge in [0, 0.05) is 5.69 Å². The van der Waals surface area contributed by atoms with Crippen molar-refractivity contribution >= 4 is 5.97 Å². The highest BCUT2D eigenvalue weighted by molar-refractivity contribution is 5.71. The number of ether oxygens (including phenoxy) is 2. The average molecular weight is 251 g/mol. The normalized spacial score (nSPS) is 10.2. The maximum Gasteiger partial charge on any atom is 0.344 e. The molecule has 1 heterocycles. The predicted octanol–water partition coefficient (Wildman–Crippen LogP) is 2.67. The summed E-state index contributed by atoms with van der Waals surface area (Å²) in [5.41, 5.74) is 1.82. The molecule has 0 radical (unpaired) electrons. The zero-order chi connectivity index (χ0) is 13.4. The van der Waals surface area contributed by atoms with Crippen molar-refractivity contribution in [2.24, 2.45) is 0 Å². The third-order valence-electron chi connectivity index (χ3n) is 2.51. The standard InChI is InChI=1S/C14H21NO3/c1-4-6-9-17-14(16)10-18-13-8-7-11(3)15-12(13)5-2/h7-8H,4-6,9-10H2,1-3H3. The van der Waals surface area contributed by atoms with Crippen LogP contribution in [-0.2, 0) is 16.0 Å². The number of pyridine rings is 1. The van der Waals surface area contributed by atoms with Crippen molar-refractivity contribution in [3.8, 4) is 5.75 Å². The number of nitrogens with zero attached hydrogens (tertiary/aromatic N) is 1. The number of carbonyl (C=O) groups excluding carboxylic acids is 1. The van der Waals surface area contributed by atoms with Crippen LogP contribution in [0.25, 0.3) is 0 Å². The lowest BCUT2D eigenvalue weighted by atomic mass is 10.2. The summed E-state index contributed by atoms with van der Waals surface area (Å²) in [6.45, 7) is 6.40. The molecule has 1 aromatic heterocycles. The van der Waals surface area contributed by atoms with Crippen molar-refractivity contribution in [2.45, 2.75) is 40.0 Å². The third-order valence-corrected chi connectivity index (χ3v) is 2.51. The second-order valence-electron chi connectivity index (χ2n) is 4.11. The fourth-order valence-corrected chi connectivity index (χ4v) is 1.49. The van der Waals surface area contributed by atoms with Crippen LogP contribution in [0.3, 0.4) is 0 Å². The molecule has 100 valence electrons.